The Bertz CT molecular complexity index is 480. The van der Waals surface area contributed by atoms with Gasteiger partial charge in [-0.2, -0.15) is 0 Å². The van der Waals surface area contributed by atoms with E-state index in [1.807, 2.05) is 6.92 Å². The molecule has 1 aromatic carbocycles. The fourth-order valence-electron chi connectivity index (χ4n) is 2.56. The van der Waals surface area contributed by atoms with Crippen LogP contribution in [0, 0.1) is 16.0 Å². The van der Waals surface area contributed by atoms with Crippen molar-refractivity contribution in [3.63, 3.8) is 0 Å². The van der Waals surface area contributed by atoms with Gasteiger partial charge in [0.1, 0.15) is 0 Å². The molecule has 0 atom stereocenters. The Morgan fingerprint density at radius 2 is 2.18 bits per heavy atom. The minimum absolute atomic E-state index is 0.000607. The molecule has 0 saturated heterocycles. The average Bonchev–Trinajstić information content (AvgIpc) is 2.24. The first-order valence-electron chi connectivity index (χ1n) is 5.40. The van der Waals surface area contributed by atoms with Gasteiger partial charge in [-0.1, -0.05) is 19.1 Å². The van der Waals surface area contributed by atoms with E-state index in [1.54, 1.807) is 12.1 Å². The van der Waals surface area contributed by atoms with Gasteiger partial charge in [-0.25, -0.2) is 0 Å². The lowest BCUT2D eigenvalue weighted by Gasteiger charge is -2.43. The highest BCUT2D eigenvalue weighted by molar-refractivity contribution is 6.65. The Morgan fingerprint density at radius 3 is 2.65 bits per heavy atom. The maximum Gasteiger partial charge on any atom is 0.269 e. The van der Waals surface area contributed by atoms with Gasteiger partial charge >= 0.3 is 0 Å². The Kier molecular flexibility index (Phi) is 2.91. The molecule has 0 radical (unpaired) electrons. The number of nitrogens with zero attached hydrogens (tertiary/aromatic N) is 1. The summed E-state index contributed by atoms with van der Waals surface area (Å²) in [6.45, 7) is 2.04. The van der Waals surface area contributed by atoms with E-state index in [2.05, 4.69) is 0 Å². The molecule has 0 aromatic heterocycles. The summed E-state index contributed by atoms with van der Waals surface area (Å²) in [6.07, 6.45) is 1.33. The van der Waals surface area contributed by atoms with Crippen LogP contribution in [0.15, 0.2) is 24.3 Å². The monoisotopic (exact) mass is 253 g/mol. The van der Waals surface area contributed by atoms with Crippen molar-refractivity contribution in [2.75, 3.05) is 0 Å². The zero-order chi connectivity index (χ0) is 12.6. The van der Waals surface area contributed by atoms with E-state index >= 15 is 0 Å². The molecular formula is C12H12ClNO3. The second-order valence-corrected chi connectivity index (χ2v) is 5.02. The lowest BCUT2D eigenvalue weighted by Crippen LogP contribution is -2.45. The van der Waals surface area contributed by atoms with Crippen LogP contribution in [-0.2, 0) is 10.2 Å². The standard InChI is InChI=1S/C12H12ClNO3/c1-8-6-12(7-8,11(13)15)9-3-2-4-10(5-9)14(16)17/h2-5,8H,6-7H2,1H3. The SMILES string of the molecule is CC1CC(C(=O)Cl)(c2cccc([N+](=O)[O-])c2)C1. The Labute approximate surface area is 104 Å². The smallest absolute Gasteiger partial charge is 0.269 e. The summed E-state index contributed by atoms with van der Waals surface area (Å²) in [4.78, 5) is 21.8. The van der Waals surface area contributed by atoms with Crippen molar-refractivity contribution < 1.29 is 9.72 Å². The number of benzene rings is 1. The summed E-state index contributed by atoms with van der Waals surface area (Å²) in [5.74, 6) is 0.428. The largest absolute Gasteiger partial charge is 0.280 e. The van der Waals surface area contributed by atoms with Crippen LogP contribution in [0.4, 0.5) is 5.69 Å². The number of hydrogen-bond donors (Lipinski definition) is 0. The van der Waals surface area contributed by atoms with E-state index in [0.717, 1.165) is 0 Å². The summed E-state index contributed by atoms with van der Waals surface area (Å²) in [5, 5.41) is 10.3. The molecule has 0 aliphatic heterocycles. The van der Waals surface area contributed by atoms with Gasteiger partial charge < -0.3 is 0 Å². The number of carbonyl (C=O) groups excluding carboxylic acids is 1. The fourth-order valence-corrected chi connectivity index (χ4v) is 2.82. The zero-order valence-corrected chi connectivity index (χ0v) is 10.1. The molecule has 1 aliphatic carbocycles. The van der Waals surface area contributed by atoms with Crippen LogP contribution >= 0.6 is 11.6 Å². The third-order valence-electron chi connectivity index (χ3n) is 3.38. The molecule has 1 fully saturated rings. The van der Waals surface area contributed by atoms with E-state index in [4.69, 9.17) is 11.6 Å². The number of halogens is 1. The predicted molar refractivity (Wildman–Crippen MR) is 64.0 cm³/mol. The number of hydrogen-bond acceptors (Lipinski definition) is 3. The topological polar surface area (TPSA) is 60.2 Å². The molecule has 0 spiro atoms. The van der Waals surface area contributed by atoms with Gasteiger partial charge in [-0.3, -0.25) is 14.9 Å². The van der Waals surface area contributed by atoms with Crippen molar-refractivity contribution >= 4 is 22.5 Å². The van der Waals surface area contributed by atoms with Crippen LogP contribution in [0.1, 0.15) is 25.3 Å². The first-order valence-corrected chi connectivity index (χ1v) is 5.78. The first-order chi connectivity index (χ1) is 7.95. The van der Waals surface area contributed by atoms with Gasteiger partial charge in [-0.15, -0.1) is 0 Å². The quantitative estimate of drug-likeness (QED) is 0.473. The summed E-state index contributed by atoms with van der Waals surface area (Å²) in [6, 6.07) is 6.20. The molecule has 0 unspecified atom stereocenters. The highest BCUT2D eigenvalue weighted by Gasteiger charge is 2.49. The Balaban J connectivity index is 2.41. The maximum absolute atomic E-state index is 11.6. The van der Waals surface area contributed by atoms with Crippen molar-refractivity contribution in [2.24, 2.45) is 5.92 Å². The van der Waals surface area contributed by atoms with Gasteiger partial charge in [0.05, 0.1) is 10.3 Å². The van der Waals surface area contributed by atoms with Gasteiger partial charge in [0.25, 0.3) is 5.69 Å². The lowest BCUT2D eigenvalue weighted by atomic mass is 9.60. The number of nitro benzene ring substituents is 1. The second kappa shape index (κ2) is 4.11. The molecule has 17 heavy (non-hydrogen) atoms. The van der Waals surface area contributed by atoms with Crippen molar-refractivity contribution in [2.45, 2.75) is 25.2 Å². The van der Waals surface area contributed by atoms with Crippen molar-refractivity contribution in [3.05, 3.63) is 39.9 Å². The molecule has 0 heterocycles. The number of carbonyl (C=O) groups is 1. The minimum atomic E-state index is -0.715. The third-order valence-corrected chi connectivity index (χ3v) is 3.74. The van der Waals surface area contributed by atoms with Crippen LogP contribution in [0.2, 0.25) is 0 Å². The third kappa shape index (κ3) is 1.93. The molecule has 2 rings (SSSR count). The summed E-state index contributed by atoms with van der Waals surface area (Å²) in [5.41, 5.74) is -0.0587. The molecule has 1 aliphatic rings. The fraction of sp³-hybridized carbons (Fsp3) is 0.417. The zero-order valence-electron chi connectivity index (χ0n) is 9.35. The number of rotatable bonds is 3. The molecule has 0 amide bonds. The van der Waals surface area contributed by atoms with E-state index < -0.39 is 15.6 Å². The molecule has 4 nitrogen and oxygen atoms in total. The van der Waals surface area contributed by atoms with Crippen LogP contribution < -0.4 is 0 Å². The Morgan fingerprint density at radius 1 is 1.53 bits per heavy atom. The molecule has 1 saturated carbocycles. The normalized spacial score (nSPS) is 27.3. The van der Waals surface area contributed by atoms with Gasteiger partial charge in [-0.05, 0) is 35.9 Å². The first kappa shape index (κ1) is 12.0. The van der Waals surface area contributed by atoms with Gasteiger partial charge in [0, 0.05) is 12.1 Å². The number of nitro groups is 1. The predicted octanol–water partition coefficient (Wildman–Crippen LogP) is 3.03. The molecule has 0 N–H and O–H groups in total. The van der Waals surface area contributed by atoms with E-state index in [-0.39, 0.29) is 5.69 Å². The Hall–Kier alpha value is -1.42. The molecule has 90 valence electrons. The van der Waals surface area contributed by atoms with E-state index in [0.29, 0.717) is 24.3 Å². The lowest BCUT2D eigenvalue weighted by molar-refractivity contribution is -0.385. The molecule has 0 bridgehead atoms. The van der Waals surface area contributed by atoms with Crippen LogP contribution in [0.25, 0.3) is 0 Å². The maximum atomic E-state index is 11.6. The highest BCUT2D eigenvalue weighted by atomic mass is 35.5. The van der Waals surface area contributed by atoms with Crippen LogP contribution in [0.3, 0.4) is 0 Å². The van der Waals surface area contributed by atoms with E-state index in [1.165, 1.54) is 12.1 Å². The van der Waals surface area contributed by atoms with Crippen LogP contribution in [0.5, 0.6) is 0 Å². The average molecular weight is 254 g/mol. The summed E-state index contributed by atoms with van der Waals surface area (Å²) in [7, 11) is 0. The van der Waals surface area contributed by atoms with Gasteiger partial charge in [0.15, 0.2) is 0 Å². The molecular weight excluding hydrogens is 242 g/mol. The van der Waals surface area contributed by atoms with Crippen molar-refractivity contribution in [3.8, 4) is 0 Å². The number of non-ortho nitro benzene ring substituents is 1. The van der Waals surface area contributed by atoms with Crippen molar-refractivity contribution in [1.29, 1.82) is 0 Å². The molecule has 1 aromatic rings. The van der Waals surface area contributed by atoms with Crippen molar-refractivity contribution in [1.82, 2.24) is 0 Å². The van der Waals surface area contributed by atoms with E-state index in [9.17, 15) is 14.9 Å². The highest BCUT2D eigenvalue weighted by Crippen LogP contribution is 2.49. The summed E-state index contributed by atoms with van der Waals surface area (Å²) < 4.78 is 0. The van der Waals surface area contributed by atoms with Gasteiger partial charge in [0.2, 0.25) is 5.24 Å². The minimum Gasteiger partial charge on any atom is -0.280 e. The second-order valence-electron chi connectivity index (χ2n) is 4.68. The summed E-state index contributed by atoms with van der Waals surface area (Å²) >= 11 is 5.66. The molecule has 5 heteroatoms. The van der Waals surface area contributed by atoms with Crippen LogP contribution in [-0.4, -0.2) is 10.2 Å².